The molecule has 0 N–H and O–H groups in total. The number of amides is 1. The number of ether oxygens (including phenoxy) is 1. The van der Waals surface area contributed by atoms with Crippen molar-refractivity contribution in [1.82, 2.24) is 4.90 Å². The minimum absolute atomic E-state index is 0.278. The number of nitrogens with zero attached hydrogens (tertiary/aromatic N) is 3. The molecule has 1 saturated heterocycles. The lowest BCUT2D eigenvalue weighted by molar-refractivity contribution is -0.132. The number of benzene rings is 3. The van der Waals surface area contributed by atoms with E-state index >= 15 is 0 Å². The molecule has 33 heavy (non-hydrogen) atoms. The maximum Gasteiger partial charge on any atom is 0.301 e. The first-order valence-electron chi connectivity index (χ1n) is 10.7. The van der Waals surface area contributed by atoms with Gasteiger partial charge in [0.15, 0.2) is 5.66 Å². The molecule has 5 rings (SSSR count). The summed E-state index contributed by atoms with van der Waals surface area (Å²) in [5.74, 6) is -0.870. The van der Waals surface area contributed by atoms with E-state index in [1.54, 1.807) is 23.9 Å². The number of rotatable bonds is 3. The van der Waals surface area contributed by atoms with Gasteiger partial charge in [0.2, 0.25) is 0 Å². The lowest BCUT2D eigenvalue weighted by Crippen LogP contribution is -2.60. The van der Waals surface area contributed by atoms with Gasteiger partial charge in [-0.05, 0) is 19.1 Å². The van der Waals surface area contributed by atoms with Crippen molar-refractivity contribution in [3.8, 4) is 0 Å². The second-order valence-electron chi connectivity index (χ2n) is 8.08. The molecule has 0 saturated carbocycles. The molecule has 0 aromatic heterocycles. The van der Waals surface area contributed by atoms with Gasteiger partial charge in [0, 0.05) is 30.9 Å². The van der Waals surface area contributed by atoms with Gasteiger partial charge in [-0.3, -0.25) is 19.4 Å². The summed E-state index contributed by atoms with van der Waals surface area (Å²) in [7, 11) is 3.43. The van der Waals surface area contributed by atoms with Crippen molar-refractivity contribution in [3.63, 3.8) is 0 Å². The molecule has 6 nitrogen and oxygen atoms in total. The van der Waals surface area contributed by atoms with E-state index in [4.69, 9.17) is 4.74 Å². The number of aliphatic imine (C=N–C) groups is 1. The van der Waals surface area contributed by atoms with E-state index in [-0.39, 0.29) is 5.57 Å². The Labute approximate surface area is 192 Å². The average Bonchev–Trinajstić information content (AvgIpc) is 3.09. The molecule has 2 aliphatic rings. The molecule has 1 amide bonds. The first-order valence-corrected chi connectivity index (χ1v) is 10.7. The van der Waals surface area contributed by atoms with Crippen LogP contribution in [-0.4, -0.2) is 36.7 Å². The van der Waals surface area contributed by atoms with E-state index in [0.29, 0.717) is 23.0 Å². The average molecular weight is 437 g/mol. The number of fused-ring (bicyclic) bond motifs is 1. The number of hydrogen-bond donors (Lipinski definition) is 0. The van der Waals surface area contributed by atoms with Gasteiger partial charge in [0.05, 0.1) is 5.57 Å². The number of hydrogen-bond acceptors (Lipinski definition) is 4. The van der Waals surface area contributed by atoms with Crippen LogP contribution in [0.5, 0.6) is 0 Å². The molecule has 3 aromatic carbocycles. The topological polar surface area (TPSA) is 62.2 Å². The third kappa shape index (κ3) is 2.91. The Morgan fingerprint density at radius 1 is 0.848 bits per heavy atom. The van der Waals surface area contributed by atoms with Gasteiger partial charge in [-0.1, -0.05) is 78.4 Å². The third-order valence-corrected chi connectivity index (χ3v) is 6.19. The predicted molar refractivity (Wildman–Crippen MR) is 127 cm³/mol. The van der Waals surface area contributed by atoms with Crippen LogP contribution in [0.25, 0.3) is 5.76 Å². The van der Waals surface area contributed by atoms with Crippen LogP contribution < -0.4 is 4.90 Å². The SMILES string of the molecule is CN=C1OC(c2ccccc2)=C2C(=O)C(=O)N(c3ccc(C)cc3)C2(c2ccccc2)N1C. The minimum Gasteiger partial charge on any atom is -0.425 e. The zero-order valence-electron chi connectivity index (χ0n) is 18.6. The van der Waals surface area contributed by atoms with Crippen molar-refractivity contribution >= 4 is 29.2 Å². The molecule has 1 fully saturated rings. The van der Waals surface area contributed by atoms with Crippen LogP contribution >= 0.6 is 0 Å². The molecule has 2 aliphatic heterocycles. The molecule has 0 bridgehead atoms. The highest BCUT2D eigenvalue weighted by atomic mass is 16.5. The monoisotopic (exact) mass is 437 g/mol. The Balaban J connectivity index is 1.92. The predicted octanol–water partition coefficient (Wildman–Crippen LogP) is 4.12. The number of amidine groups is 1. The molecule has 164 valence electrons. The van der Waals surface area contributed by atoms with Crippen molar-refractivity contribution in [2.75, 3.05) is 19.0 Å². The van der Waals surface area contributed by atoms with Crippen molar-refractivity contribution in [3.05, 3.63) is 107 Å². The van der Waals surface area contributed by atoms with Gasteiger partial charge in [0.1, 0.15) is 5.76 Å². The van der Waals surface area contributed by atoms with Crippen LogP contribution in [-0.2, 0) is 20.0 Å². The number of carbonyl (C=O) groups excluding carboxylic acids is 2. The van der Waals surface area contributed by atoms with E-state index in [2.05, 4.69) is 4.99 Å². The standard InChI is InChI=1S/C27H23N3O3/c1-18-14-16-21(17-15-18)30-25(32)23(31)22-24(19-10-6-4-7-11-19)33-26(28-2)29(3)27(22,30)20-12-8-5-9-13-20/h4-17H,1-3H3. The first-order chi connectivity index (χ1) is 16.0. The Bertz CT molecular complexity index is 1300. The van der Waals surface area contributed by atoms with Crippen molar-refractivity contribution in [2.45, 2.75) is 12.6 Å². The number of aryl methyl sites for hydroxylation is 1. The first kappa shape index (κ1) is 20.7. The normalized spacial score (nSPS) is 21.5. The zero-order valence-corrected chi connectivity index (χ0v) is 18.6. The van der Waals surface area contributed by atoms with Crippen LogP contribution in [0.3, 0.4) is 0 Å². The molecule has 1 atom stereocenters. The van der Waals surface area contributed by atoms with Gasteiger partial charge in [-0.25, -0.2) is 4.99 Å². The zero-order chi connectivity index (χ0) is 23.2. The summed E-state index contributed by atoms with van der Waals surface area (Å²) in [6, 6.07) is 26.8. The van der Waals surface area contributed by atoms with Crippen LogP contribution in [0, 0.1) is 6.92 Å². The number of likely N-dealkylation sites (N-methyl/N-ethyl adjacent to an activating group) is 1. The molecule has 2 heterocycles. The van der Waals surface area contributed by atoms with Gasteiger partial charge in [-0.15, -0.1) is 0 Å². The third-order valence-electron chi connectivity index (χ3n) is 6.19. The lowest BCUT2D eigenvalue weighted by Gasteiger charge is -2.48. The molecular formula is C27H23N3O3. The molecule has 1 unspecified atom stereocenters. The molecule has 3 aromatic rings. The number of ketones is 1. The van der Waals surface area contributed by atoms with Crippen molar-refractivity contribution in [1.29, 1.82) is 0 Å². The number of Topliss-reactive ketones (excluding diaryl/α,β-unsaturated/α-hetero) is 1. The van der Waals surface area contributed by atoms with Crippen LogP contribution in [0.1, 0.15) is 16.7 Å². The second-order valence-corrected chi connectivity index (χ2v) is 8.08. The van der Waals surface area contributed by atoms with Crippen molar-refractivity contribution < 1.29 is 14.3 Å². The highest BCUT2D eigenvalue weighted by molar-refractivity contribution is 6.52. The van der Waals surface area contributed by atoms with Crippen molar-refractivity contribution in [2.24, 2.45) is 4.99 Å². The van der Waals surface area contributed by atoms with E-state index in [1.807, 2.05) is 91.9 Å². The Hall–Kier alpha value is -4.19. The molecule has 6 heteroatoms. The summed E-state index contributed by atoms with van der Waals surface area (Å²) in [5, 5.41) is 0. The van der Waals surface area contributed by atoms with Crippen LogP contribution in [0.15, 0.2) is 95.5 Å². The van der Waals surface area contributed by atoms with Crippen LogP contribution in [0.2, 0.25) is 0 Å². The minimum atomic E-state index is -1.26. The van der Waals surface area contributed by atoms with Gasteiger partial charge >= 0.3 is 5.91 Å². The van der Waals surface area contributed by atoms with Gasteiger partial charge in [0.25, 0.3) is 11.8 Å². The van der Waals surface area contributed by atoms with E-state index < -0.39 is 17.4 Å². The van der Waals surface area contributed by atoms with Crippen LogP contribution in [0.4, 0.5) is 5.69 Å². The molecule has 0 radical (unpaired) electrons. The number of carbonyl (C=O) groups is 2. The fraction of sp³-hybridized carbons (Fsp3) is 0.148. The van der Waals surface area contributed by atoms with E-state index in [1.165, 1.54) is 0 Å². The number of anilines is 1. The molecule has 0 spiro atoms. The highest BCUT2D eigenvalue weighted by Crippen LogP contribution is 2.52. The summed E-state index contributed by atoms with van der Waals surface area (Å²) >= 11 is 0. The maximum absolute atomic E-state index is 13.7. The lowest BCUT2D eigenvalue weighted by atomic mass is 9.86. The molecule has 0 aliphatic carbocycles. The maximum atomic E-state index is 13.7. The van der Waals surface area contributed by atoms with Gasteiger partial charge < -0.3 is 4.74 Å². The summed E-state index contributed by atoms with van der Waals surface area (Å²) < 4.78 is 6.17. The Morgan fingerprint density at radius 3 is 2.06 bits per heavy atom. The largest absolute Gasteiger partial charge is 0.425 e. The Kier molecular flexibility index (Phi) is 4.86. The Morgan fingerprint density at radius 2 is 1.45 bits per heavy atom. The summed E-state index contributed by atoms with van der Waals surface area (Å²) in [4.78, 5) is 35.1. The van der Waals surface area contributed by atoms with E-state index in [0.717, 1.165) is 11.1 Å². The fourth-order valence-corrected chi connectivity index (χ4v) is 4.68. The second kappa shape index (κ2) is 7.74. The van der Waals surface area contributed by atoms with E-state index in [9.17, 15) is 9.59 Å². The summed E-state index contributed by atoms with van der Waals surface area (Å²) in [6.45, 7) is 1.98. The van der Waals surface area contributed by atoms with Gasteiger partial charge in [-0.2, -0.15) is 0 Å². The summed E-state index contributed by atoms with van der Waals surface area (Å²) in [6.07, 6.45) is 0. The highest BCUT2D eigenvalue weighted by Gasteiger charge is 2.64. The quantitative estimate of drug-likeness (QED) is 0.579. The molecular weight excluding hydrogens is 414 g/mol. The smallest absolute Gasteiger partial charge is 0.301 e. The summed E-state index contributed by atoms with van der Waals surface area (Å²) in [5.41, 5.74) is 2.16. The fourth-order valence-electron chi connectivity index (χ4n) is 4.68.